The van der Waals surface area contributed by atoms with Gasteiger partial charge in [-0.25, -0.2) is 8.78 Å². The highest BCUT2D eigenvalue weighted by molar-refractivity contribution is 5.90. The molecule has 0 aliphatic carbocycles. The number of halogens is 2. The van der Waals surface area contributed by atoms with Crippen molar-refractivity contribution < 1.29 is 18.0 Å². The van der Waals surface area contributed by atoms with Gasteiger partial charge in [0.2, 0.25) is 5.91 Å². The van der Waals surface area contributed by atoms with E-state index in [0.29, 0.717) is 6.42 Å². The molecule has 28 heavy (non-hydrogen) atoms. The lowest BCUT2D eigenvalue weighted by atomic mass is 10.1. The second-order valence-electron chi connectivity index (χ2n) is 6.55. The van der Waals surface area contributed by atoms with Gasteiger partial charge in [0, 0.05) is 29.1 Å². The normalized spacial score (nSPS) is 10.9. The van der Waals surface area contributed by atoms with E-state index in [1.165, 1.54) is 0 Å². The van der Waals surface area contributed by atoms with E-state index in [1.54, 1.807) is 0 Å². The number of carbonyl (C=O) groups excluding carboxylic acids is 1. The monoisotopic (exact) mass is 377 g/mol. The van der Waals surface area contributed by atoms with Crippen molar-refractivity contribution in [2.45, 2.75) is 12.8 Å². The summed E-state index contributed by atoms with van der Waals surface area (Å²) in [5.41, 5.74) is 2.90. The third-order valence-electron chi connectivity index (χ3n) is 4.45. The number of carbonyl (C=O) groups is 1. The molecule has 0 spiro atoms. The lowest BCUT2D eigenvalue weighted by Crippen LogP contribution is -2.12. The molecule has 0 saturated carbocycles. The Morgan fingerprint density at radius 3 is 2.32 bits per heavy atom. The topological polar surface area (TPSA) is 42.2 Å². The van der Waals surface area contributed by atoms with Crippen molar-refractivity contribution in [2.24, 2.45) is 0 Å². The van der Waals surface area contributed by atoms with Crippen LogP contribution < -0.4 is 5.32 Å². The molecule has 0 radical (unpaired) electrons. The van der Waals surface area contributed by atoms with Crippen molar-refractivity contribution in [3.63, 3.8) is 0 Å². The quantitative estimate of drug-likeness (QED) is 0.467. The smallest absolute Gasteiger partial charge is 0.224 e. The minimum Gasteiger partial charge on any atom is -0.456 e. The number of hydrogen-bond acceptors (Lipinski definition) is 2. The van der Waals surface area contributed by atoms with E-state index in [4.69, 9.17) is 4.42 Å². The zero-order chi connectivity index (χ0) is 19.5. The van der Waals surface area contributed by atoms with Gasteiger partial charge in [0.15, 0.2) is 0 Å². The standard InChI is InChI=1S/C23H17F2NO2/c24-18-12-19(25)14-20(13-18)26-23(27)10-7-15-5-8-16(9-6-15)22-11-17-3-1-2-4-21(17)28-22/h1-6,8-9,11-14H,7,10H2,(H,26,27). The Bertz CT molecular complexity index is 1080. The molecule has 4 aromatic rings. The Morgan fingerprint density at radius 1 is 0.893 bits per heavy atom. The fourth-order valence-electron chi connectivity index (χ4n) is 3.07. The van der Waals surface area contributed by atoms with Crippen molar-refractivity contribution in [1.29, 1.82) is 0 Å². The summed E-state index contributed by atoms with van der Waals surface area (Å²) in [6.45, 7) is 0. The van der Waals surface area contributed by atoms with Crippen LogP contribution >= 0.6 is 0 Å². The lowest BCUT2D eigenvalue weighted by molar-refractivity contribution is -0.116. The first-order valence-corrected chi connectivity index (χ1v) is 8.91. The number of fused-ring (bicyclic) bond motifs is 1. The largest absolute Gasteiger partial charge is 0.456 e. The Balaban J connectivity index is 1.38. The van der Waals surface area contributed by atoms with Gasteiger partial charge in [0.1, 0.15) is 23.0 Å². The van der Waals surface area contributed by atoms with Crippen LogP contribution in [0.15, 0.2) is 77.2 Å². The Morgan fingerprint density at radius 2 is 1.61 bits per heavy atom. The third-order valence-corrected chi connectivity index (χ3v) is 4.45. The predicted octanol–water partition coefficient (Wildman–Crippen LogP) is 5.95. The number of anilines is 1. The zero-order valence-electron chi connectivity index (χ0n) is 14.9. The van der Waals surface area contributed by atoms with Gasteiger partial charge in [-0.15, -0.1) is 0 Å². The SMILES string of the molecule is O=C(CCc1ccc(-c2cc3ccccc3o2)cc1)Nc1cc(F)cc(F)c1. The molecule has 1 heterocycles. The molecule has 1 amide bonds. The van der Waals surface area contributed by atoms with E-state index in [-0.39, 0.29) is 18.0 Å². The summed E-state index contributed by atoms with van der Waals surface area (Å²) in [5, 5.41) is 3.56. The number of para-hydroxylation sites is 1. The zero-order valence-corrected chi connectivity index (χ0v) is 14.9. The van der Waals surface area contributed by atoms with E-state index in [0.717, 1.165) is 46.1 Å². The molecule has 1 N–H and O–H groups in total. The summed E-state index contributed by atoms with van der Waals surface area (Å²) in [4.78, 5) is 12.0. The van der Waals surface area contributed by atoms with E-state index in [2.05, 4.69) is 5.32 Å². The van der Waals surface area contributed by atoms with Gasteiger partial charge in [-0.2, -0.15) is 0 Å². The highest BCUT2D eigenvalue weighted by Crippen LogP contribution is 2.28. The molecule has 0 atom stereocenters. The molecule has 5 heteroatoms. The van der Waals surface area contributed by atoms with Crippen LogP contribution in [0.4, 0.5) is 14.5 Å². The fraction of sp³-hybridized carbons (Fsp3) is 0.0870. The minimum atomic E-state index is -0.725. The first-order valence-electron chi connectivity index (χ1n) is 8.91. The maximum Gasteiger partial charge on any atom is 0.224 e. The molecule has 3 aromatic carbocycles. The average Bonchev–Trinajstić information content (AvgIpc) is 3.10. The van der Waals surface area contributed by atoms with Gasteiger partial charge < -0.3 is 9.73 Å². The number of hydrogen-bond donors (Lipinski definition) is 1. The highest BCUT2D eigenvalue weighted by atomic mass is 19.1. The van der Waals surface area contributed by atoms with Crippen molar-refractivity contribution in [3.05, 3.63) is 90.0 Å². The molecule has 0 fully saturated rings. The van der Waals surface area contributed by atoms with E-state index < -0.39 is 11.6 Å². The number of furan rings is 1. The minimum absolute atomic E-state index is 0.114. The van der Waals surface area contributed by atoms with E-state index in [1.807, 2.05) is 54.6 Å². The summed E-state index contributed by atoms with van der Waals surface area (Å²) < 4.78 is 32.2. The molecule has 1 aromatic heterocycles. The molecule has 140 valence electrons. The summed E-state index contributed by atoms with van der Waals surface area (Å²) >= 11 is 0. The molecule has 0 unspecified atom stereocenters. The van der Waals surface area contributed by atoms with Crippen molar-refractivity contribution in [2.75, 3.05) is 5.32 Å². The van der Waals surface area contributed by atoms with Crippen LogP contribution in [-0.2, 0) is 11.2 Å². The maximum absolute atomic E-state index is 13.2. The summed E-state index contributed by atoms with van der Waals surface area (Å²) in [7, 11) is 0. The van der Waals surface area contributed by atoms with Crippen LogP contribution in [0.5, 0.6) is 0 Å². The van der Waals surface area contributed by atoms with Crippen LogP contribution in [0.25, 0.3) is 22.3 Å². The second-order valence-corrected chi connectivity index (χ2v) is 6.55. The van der Waals surface area contributed by atoms with Gasteiger partial charge in [0.05, 0.1) is 0 Å². The molecule has 4 rings (SSSR count). The number of nitrogens with one attached hydrogen (secondary N) is 1. The van der Waals surface area contributed by atoms with Gasteiger partial charge in [-0.1, -0.05) is 42.5 Å². The summed E-state index contributed by atoms with van der Waals surface area (Å²) in [6.07, 6.45) is 0.728. The summed E-state index contributed by atoms with van der Waals surface area (Å²) in [6, 6.07) is 20.5. The van der Waals surface area contributed by atoms with Gasteiger partial charge in [-0.3, -0.25) is 4.79 Å². The highest BCUT2D eigenvalue weighted by Gasteiger charge is 2.08. The van der Waals surface area contributed by atoms with Crippen molar-refractivity contribution in [3.8, 4) is 11.3 Å². The Labute approximate surface area is 160 Å². The first-order chi connectivity index (χ1) is 13.6. The van der Waals surface area contributed by atoms with Crippen LogP contribution in [0.2, 0.25) is 0 Å². The number of rotatable bonds is 5. The Hall–Kier alpha value is -3.47. The van der Waals surface area contributed by atoms with Gasteiger partial charge in [-0.05, 0) is 36.2 Å². The van der Waals surface area contributed by atoms with Crippen molar-refractivity contribution in [1.82, 2.24) is 0 Å². The van der Waals surface area contributed by atoms with Crippen molar-refractivity contribution >= 4 is 22.6 Å². The van der Waals surface area contributed by atoms with E-state index >= 15 is 0 Å². The average molecular weight is 377 g/mol. The maximum atomic E-state index is 13.2. The fourth-order valence-corrected chi connectivity index (χ4v) is 3.07. The Kier molecular flexibility index (Phi) is 4.89. The van der Waals surface area contributed by atoms with Crippen LogP contribution in [0.3, 0.4) is 0 Å². The number of aryl methyl sites for hydroxylation is 1. The third kappa shape index (κ3) is 4.09. The van der Waals surface area contributed by atoms with E-state index in [9.17, 15) is 13.6 Å². The van der Waals surface area contributed by atoms with Crippen LogP contribution in [-0.4, -0.2) is 5.91 Å². The molecule has 3 nitrogen and oxygen atoms in total. The second kappa shape index (κ2) is 7.64. The summed E-state index contributed by atoms with van der Waals surface area (Å²) in [5.74, 6) is -0.960. The molecular formula is C23H17F2NO2. The number of benzene rings is 3. The molecule has 0 aliphatic heterocycles. The lowest BCUT2D eigenvalue weighted by Gasteiger charge is -2.06. The molecule has 0 bridgehead atoms. The predicted molar refractivity (Wildman–Crippen MR) is 105 cm³/mol. The van der Waals surface area contributed by atoms with Crippen LogP contribution in [0.1, 0.15) is 12.0 Å². The van der Waals surface area contributed by atoms with Gasteiger partial charge in [0.25, 0.3) is 0 Å². The van der Waals surface area contributed by atoms with Crippen LogP contribution in [0, 0.1) is 11.6 Å². The van der Waals surface area contributed by atoms with Gasteiger partial charge >= 0.3 is 0 Å². The first kappa shape index (κ1) is 17.9. The molecule has 0 saturated heterocycles. The molecular weight excluding hydrogens is 360 g/mol. The molecule has 0 aliphatic rings. The number of amides is 1.